The molecule has 0 aliphatic heterocycles. The maximum Gasteiger partial charge on any atom is 0.405 e. The summed E-state index contributed by atoms with van der Waals surface area (Å²) in [6, 6.07) is 8.39. The van der Waals surface area contributed by atoms with Crippen molar-refractivity contribution in [3.8, 4) is 0 Å². The molecular formula is C16H13ClF4N2O3S. The molecule has 0 fully saturated rings. The number of benzene rings is 2. The van der Waals surface area contributed by atoms with Crippen molar-refractivity contribution in [3.05, 3.63) is 58.9 Å². The molecule has 0 aliphatic rings. The summed E-state index contributed by atoms with van der Waals surface area (Å²) in [7, 11) is -4.02. The molecule has 0 atom stereocenters. The van der Waals surface area contributed by atoms with Crippen molar-refractivity contribution in [1.29, 1.82) is 0 Å². The van der Waals surface area contributed by atoms with Crippen LogP contribution >= 0.6 is 11.6 Å². The summed E-state index contributed by atoms with van der Waals surface area (Å²) in [5.41, 5.74) is 0.539. The zero-order chi connectivity index (χ0) is 20.2. The lowest BCUT2D eigenvalue weighted by atomic mass is 10.1. The van der Waals surface area contributed by atoms with Gasteiger partial charge in [0.1, 0.15) is 12.4 Å². The molecule has 2 aromatic carbocycles. The van der Waals surface area contributed by atoms with E-state index in [2.05, 4.69) is 4.72 Å². The second-order valence-electron chi connectivity index (χ2n) is 5.45. The average Bonchev–Trinajstić information content (AvgIpc) is 2.56. The molecule has 0 spiro atoms. The number of rotatable bonds is 6. The number of nitrogens with one attached hydrogen (secondary N) is 2. The fourth-order valence-electron chi connectivity index (χ4n) is 2.00. The summed E-state index contributed by atoms with van der Waals surface area (Å²) < 4.78 is 76.0. The second kappa shape index (κ2) is 8.13. The van der Waals surface area contributed by atoms with Crippen LogP contribution in [0, 0.1) is 5.82 Å². The van der Waals surface area contributed by atoms with Crippen LogP contribution in [-0.4, -0.2) is 27.0 Å². The Labute approximate surface area is 157 Å². The SMILES string of the molecule is O=C(Cc1ccc(NS(=O)(=O)c2ccc(F)c(Cl)c2)cc1)NCC(F)(F)F. The molecule has 0 radical (unpaired) electrons. The number of sulfonamides is 1. The maximum absolute atomic E-state index is 13.1. The van der Waals surface area contributed by atoms with Crippen LogP contribution in [0.4, 0.5) is 23.2 Å². The smallest absolute Gasteiger partial charge is 0.347 e. The summed E-state index contributed by atoms with van der Waals surface area (Å²) >= 11 is 5.57. The molecule has 0 heterocycles. The molecule has 2 rings (SSSR count). The lowest BCUT2D eigenvalue weighted by molar-refractivity contribution is -0.138. The molecule has 0 aromatic heterocycles. The van der Waals surface area contributed by atoms with Crippen LogP contribution in [0.15, 0.2) is 47.4 Å². The average molecular weight is 425 g/mol. The number of hydrogen-bond acceptors (Lipinski definition) is 3. The highest BCUT2D eigenvalue weighted by atomic mass is 35.5. The van der Waals surface area contributed by atoms with Gasteiger partial charge in [-0.2, -0.15) is 13.2 Å². The molecule has 27 heavy (non-hydrogen) atoms. The summed E-state index contributed by atoms with van der Waals surface area (Å²) in [6.45, 7) is -1.43. The van der Waals surface area contributed by atoms with Gasteiger partial charge >= 0.3 is 6.18 Å². The fourth-order valence-corrected chi connectivity index (χ4v) is 3.33. The van der Waals surface area contributed by atoms with Crippen LogP contribution in [0.5, 0.6) is 0 Å². The first-order valence-electron chi connectivity index (χ1n) is 7.36. The van der Waals surface area contributed by atoms with Gasteiger partial charge in [0, 0.05) is 5.69 Å². The molecule has 0 aliphatic carbocycles. The van der Waals surface area contributed by atoms with Crippen LogP contribution in [0.25, 0.3) is 0 Å². The Morgan fingerprint density at radius 1 is 1.07 bits per heavy atom. The van der Waals surface area contributed by atoms with Crippen molar-refractivity contribution in [2.24, 2.45) is 0 Å². The van der Waals surface area contributed by atoms with E-state index in [1.54, 1.807) is 5.32 Å². The Balaban J connectivity index is 2.02. The normalized spacial score (nSPS) is 11.9. The first-order chi connectivity index (χ1) is 12.5. The number of anilines is 1. The largest absolute Gasteiger partial charge is 0.405 e. The van der Waals surface area contributed by atoms with E-state index in [-0.39, 0.29) is 22.0 Å². The Morgan fingerprint density at radius 3 is 2.26 bits per heavy atom. The third-order valence-electron chi connectivity index (χ3n) is 3.26. The molecule has 0 saturated carbocycles. The van der Waals surface area contributed by atoms with Gasteiger partial charge in [0.25, 0.3) is 10.0 Å². The minimum Gasteiger partial charge on any atom is -0.347 e. The fraction of sp³-hybridized carbons (Fsp3) is 0.188. The highest BCUT2D eigenvalue weighted by Crippen LogP contribution is 2.22. The van der Waals surface area contributed by atoms with Crippen molar-refractivity contribution < 1.29 is 30.8 Å². The Morgan fingerprint density at radius 2 is 1.70 bits per heavy atom. The van der Waals surface area contributed by atoms with Crippen LogP contribution in [0.3, 0.4) is 0 Å². The lowest BCUT2D eigenvalue weighted by Gasteiger charge is -2.10. The van der Waals surface area contributed by atoms with Crippen LogP contribution in [0.2, 0.25) is 5.02 Å². The first-order valence-corrected chi connectivity index (χ1v) is 9.23. The molecule has 1 amide bonds. The number of halogens is 5. The van der Waals surface area contributed by atoms with Crippen molar-refractivity contribution in [2.75, 3.05) is 11.3 Å². The standard InChI is InChI=1S/C16H13ClF4N2O3S/c17-13-8-12(5-6-14(13)18)27(25,26)23-11-3-1-10(2-4-11)7-15(24)22-9-16(19,20)21/h1-6,8,23H,7,9H2,(H,22,24). The van der Waals surface area contributed by atoms with E-state index < -0.39 is 34.5 Å². The van der Waals surface area contributed by atoms with E-state index in [9.17, 15) is 30.8 Å². The maximum atomic E-state index is 13.1. The molecule has 0 bridgehead atoms. The third-order valence-corrected chi connectivity index (χ3v) is 4.93. The minimum absolute atomic E-state index is 0.148. The Bertz CT molecular complexity index is 932. The molecule has 11 heteroatoms. The van der Waals surface area contributed by atoms with E-state index in [4.69, 9.17) is 11.6 Å². The van der Waals surface area contributed by atoms with Gasteiger partial charge in [-0.3, -0.25) is 9.52 Å². The number of hydrogen-bond donors (Lipinski definition) is 2. The molecule has 0 unspecified atom stereocenters. The third kappa shape index (κ3) is 6.40. The highest BCUT2D eigenvalue weighted by molar-refractivity contribution is 7.92. The molecule has 0 saturated heterocycles. The number of alkyl halides is 3. The number of carbonyl (C=O) groups is 1. The van der Waals surface area contributed by atoms with E-state index in [0.29, 0.717) is 5.56 Å². The topological polar surface area (TPSA) is 75.3 Å². The van der Waals surface area contributed by atoms with Crippen molar-refractivity contribution in [3.63, 3.8) is 0 Å². The summed E-state index contributed by atoms with van der Waals surface area (Å²) in [5.74, 6) is -1.58. The molecular weight excluding hydrogens is 412 g/mol. The van der Waals surface area contributed by atoms with Gasteiger partial charge in [0.05, 0.1) is 16.3 Å². The van der Waals surface area contributed by atoms with E-state index >= 15 is 0 Å². The van der Waals surface area contributed by atoms with Crippen molar-refractivity contribution >= 4 is 33.2 Å². The zero-order valence-corrected chi connectivity index (χ0v) is 15.1. The predicted octanol–water partition coefficient (Wildman–Crippen LogP) is 3.50. The van der Waals surface area contributed by atoms with E-state index in [1.807, 2.05) is 0 Å². The zero-order valence-electron chi connectivity index (χ0n) is 13.5. The minimum atomic E-state index is -4.50. The predicted molar refractivity (Wildman–Crippen MR) is 91.4 cm³/mol. The Kier molecular flexibility index (Phi) is 6.32. The summed E-state index contributed by atoms with van der Waals surface area (Å²) in [6.07, 6.45) is -4.79. The van der Waals surface area contributed by atoms with Gasteiger partial charge in [-0.1, -0.05) is 23.7 Å². The lowest BCUT2D eigenvalue weighted by Crippen LogP contribution is -2.34. The summed E-state index contributed by atoms with van der Waals surface area (Å²) in [5, 5.41) is 1.39. The highest BCUT2D eigenvalue weighted by Gasteiger charge is 2.27. The molecule has 2 aromatic rings. The van der Waals surface area contributed by atoms with E-state index in [1.165, 1.54) is 24.3 Å². The quantitative estimate of drug-likeness (QED) is 0.697. The first kappa shape index (κ1) is 21.0. The second-order valence-corrected chi connectivity index (χ2v) is 7.54. The molecule has 5 nitrogen and oxygen atoms in total. The van der Waals surface area contributed by atoms with Gasteiger partial charge in [-0.15, -0.1) is 0 Å². The van der Waals surface area contributed by atoms with Gasteiger partial charge in [-0.25, -0.2) is 12.8 Å². The van der Waals surface area contributed by atoms with E-state index in [0.717, 1.165) is 18.2 Å². The molecule has 2 N–H and O–H groups in total. The van der Waals surface area contributed by atoms with Gasteiger partial charge in [-0.05, 0) is 35.9 Å². The summed E-state index contributed by atoms with van der Waals surface area (Å²) in [4.78, 5) is 11.2. The van der Waals surface area contributed by atoms with Gasteiger partial charge < -0.3 is 5.32 Å². The van der Waals surface area contributed by atoms with Crippen LogP contribution in [0.1, 0.15) is 5.56 Å². The Hall–Kier alpha value is -2.33. The number of amides is 1. The number of carbonyl (C=O) groups excluding carboxylic acids is 1. The monoisotopic (exact) mass is 424 g/mol. The van der Waals surface area contributed by atoms with Gasteiger partial charge in [0.15, 0.2) is 0 Å². The molecule has 146 valence electrons. The van der Waals surface area contributed by atoms with Crippen molar-refractivity contribution in [1.82, 2.24) is 5.32 Å². The van der Waals surface area contributed by atoms with Crippen LogP contribution in [-0.2, 0) is 21.2 Å². The van der Waals surface area contributed by atoms with Gasteiger partial charge in [0.2, 0.25) is 5.91 Å². The van der Waals surface area contributed by atoms with Crippen LogP contribution < -0.4 is 10.0 Å². The van der Waals surface area contributed by atoms with Crippen molar-refractivity contribution in [2.45, 2.75) is 17.5 Å².